The first-order valence-electron chi connectivity index (χ1n) is 6.94. The zero-order chi connectivity index (χ0) is 16.2. The fraction of sp³-hybridized carbons (Fsp3) is 0.0625. The number of para-hydroxylation sites is 1. The number of nitrogens with zero attached hydrogens (tertiary/aromatic N) is 3. The van der Waals surface area contributed by atoms with Crippen molar-refractivity contribution in [2.45, 2.75) is 6.54 Å². The van der Waals surface area contributed by atoms with E-state index in [1.807, 2.05) is 54.6 Å². The molecule has 0 aliphatic heterocycles. The number of primary amides is 1. The molecule has 3 aromatic rings. The number of carbonyl (C=O) groups is 1. The Bertz CT molecular complexity index is 829. The Hall–Kier alpha value is -3.35. The van der Waals surface area contributed by atoms with E-state index in [1.54, 1.807) is 0 Å². The van der Waals surface area contributed by atoms with Gasteiger partial charge in [-0.15, -0.1) is 5.10 Å². The molecule has 1 aromatic heterocycles. The molecular formula is C16H15N5O2. The van der Waals surface area contributed by atoms with Gasteiger partial charge in [-0.1, -0.05) is 35.5 Å². The van der Waals surface area contributed by atoms with Crippen molar-refractivity contribution in [2.75, 3.05) is 5.73 Å². The number of benzene rings is 2. The molecule has 0 fully saturated rings. The Balaban J connectivity index is 1.79. The van der Waals surface area contributed by atoms with Crippen LogP contribution in [0.3, 0.4) is 0 Å². The molecule has 0 aliphatic rings. The number of amides is 1. The zero-order valence-corrected chi connectivity index (χ0v) is 12.2. The second-order valence-corrected chi connectivity index (χ2v) is 4.91. The summed E-state index contributed by atoms with van der Waals surface area (Å²) in [6, 6.07) is 17.0. The lowest BCUT2D eigenvalue weighted by Crippen LogP contribution is -2.14. The smallest absolute Gasteiger partial charge is 0.273 e. The maximum Gasteiger partial charge on any atom is 0.273 e. The molecule has 0 bridgehead atoms. The largest absolute Gasteiger partial charge is 0.457 e. The van der Waals surface area contributed by atoms with Crippen molar-refractivity contribution in [1.29, 1.82) is 0 Å². The van der Waals surface area contributed by atoms with Gasteiger partial charge >= 0.3 is 0 Å². The van der Waals surface area contributed by atoms with Crippen LogP contribution in [-0.4, -0.2) is 20.9 Å². The van der Waals surface area contributed by atoms with E-state index in [9.17, 15) is 4.79 Å². The second-order valence-electron chi connectivity index (χ2n) is 4.91. The Morgan fingerprint density at radius 3 is 2.52 bits per heavy atom. The van der Waals surface area contributed by atoms with E-state index in [2.05, 4.69) is 10.3 Å². The average Bonchev–Trinajstić information content (AvgIpc) is 2.90. The van der Waals surface area contributed by atoms with Crippen LogP contribution < -0.4 is 16.2 Å². The predicted molar refractivity (Wildman–Crippen MR) is 85.0 cm³/mol. The third-order valence-electron chi connectivity index (χ3n) is 3.22. The Morgan fingerprint density at radius 2 is 1.83 bits per heavy atom. The predicted octanol–water partition coefficient (Wildman–Crippen LogP) is 1.80. The number of hydrogen-bond acceptors (Lipinski definition) is 5. The summed E-state index contributed by atoms with van der Waals surface area (Å²) in [4.78, 5) is 11.2. The van der Waals surface area contributed by atoms with Crippen LogP contribution in [0, 0.1) is 0 Å². The van der Waals surface area contributed by atoms with Crippen molar-refractivity contribution in [3.63, 3.8) is 0 Å². The number of carbonyl (C=O) groups excluding carboxylic acids is 1. The standard InChI is InChI=1S/C16H15N5O2/c17-15-14(16(18)22)19-20-21(15)10-11-5-4-8-13(9-11)23-12-6-2-1-3-7-12/h1-9H,10,17H2,(H2,18,22). The van der Waals surface area contributed by atoms with Crippen molar-refractivity contribution in [3.8, 4) is 11.5 Å². The van der Waals surface area contributed by atoms with Gasteiger partial charge in [0.25, 0.3) is 5.91 Å². The molecule has 0 saturated heterocycles. The molecule has 4 N–H and O–H groups in total. The van der Waals surface area contributed by atoms with Gasteiger partial charge in [-0.25, -0.2) is 4.68 Å². The lowest BCUT2D eigenvalue weighted by atomic mass is 10.2. The van der Waals surface area contributed by atoms with Crippen LogP contribution >= 0.6 is 0 Å². The molecule has 2 aromatic carbocycles. The molecule has 3 rings (SSSR count). The Morgan fingerprint density at radius 1 is 1.09 bits per heavy atom. The minimum Gasteiger partial charge on any atom is -0.457 e. The van der Waals surface area contributed by atoms with Crippen LogP contribution in [0.4, 0.5) is 5.82 Å². The quantitative estimate of drug-likeness (QED) is 0.747. The molecule has 1 heterocycles. The second kappa shape index (κ2) is 6.18. The first-order chi connectivity index (χ1) is 11.1. The van der Waals surface area contributed by atoms with Gasteiger partial charge < -0.3 is 16.2 Å². The summed E-state index contributed by atoms with van der Waals surface area (Å²) in [6.45, 7) is 0.359. The highest BCUT2D eigenvalue weighted by atomic mass is 16.5. The Kier molecular flexibility index (Phi) is 3.92. The number of hydrogen-bond donors (Lipinski definition) is 2. The molecule has 0 spiro atoms. The number of nitrogen functional groups attached to an aromatic ring is 1. The van der Waals surface area contributed by atoms with Crippen LogP contribution in [-0.2, 0) is 6.54 Å². The summed E-state index contributed by atoms with van der Waals surface area (Å²) >= 11 is 0. The molecular weight excluding hydrogens is 294 g/mol. The first-order valence-corrected chi connectivity index (χ1v) is 6.94. The van der Waals surface area contributed by atoms with Crippen molar-refractivity contribution in [1.82, 2.24) is 15.0 Å². The van der Waals surface area contributed by atoms with Crippen LogP contribution in [0.1, 0.15) is 16.1 Å². The third kappa shape index (κ3) is 3.29. The summed E-state index contributed by atoms with van der Waals surface area (Å²) in [5.74, 6) is 0.894. The van der Waals surface area contributed by atoms with E-state index in [1.165, 1.54) is 4.68 Å². The minimum atomic E-state index is -0.699. The Labute approximate surface area is 132 Å². The van der Waals surface area contributed by atoms with E-state index < -0.39 is 5.91 Å². The van der Waals surface area contributed by atoms with Gasteiger partial charge in [0.05, 0.1) is 6.54 Å². The van der Waals surface area contributed by atoms with Gasteiger partial charge in [-0.2, -0.15) is 0 Å². The third-order valence-corrected chi connectivity index (χ3v) is 3.22. The lowest BCUT2D eigenvalue weighted by Gasteiger charge is -2.08. The SMILES string of the molecule is NC(=O)c1nnn(Cc2cccc(Oc3ccccc3)c2)c1N. The topological polar surface area (TPSA) is 109 Å². The summed E-state index contributed by atoms with van der Waals surface area (Å²) in [5.41, 5.74) is 11.9. The van der Waals surface area contributed by atoms with Gasteiger partial charge in [0.1, 0.15) is 11.5 Å². The average molecular weight is 309 g/mol. The zero-order valence-electron chi connectivity index (χ0n) is 12.2. The van der Waals surface area contributed by atoms with E-state index in [0.29, 0.717) is 12.3 Å². The molecule has 0 atom stereocenters. The summed E-state index contributed by atoms with van der Waals surface area (Å²) in [7, 11) is 0. The summed E-state index contributed by atoms with van der Waals surface area (Å²) in [6.07, 6.45) is 0. The number of ether oxygens (including phenoxy) is 1. The summed E-state index contributed by atoms with van der Waals surface area (Å²) < 4.78 is 7.20. The maximum atomic E-state index is 11.2. The molecule has 0 aliphatic carbocycles. The van der Waals surface area contributed by atoms with Gasteiger partial charge in [-0.05, 0) is 29.8 Å². The fourth-order valence-electron chi connectivity index (χ4n) is 2.12. The summed E-state index contributed by atoms with van der Waals surface area (Å²) in [5, 5.41) is 7.53. The highest BCUT2D eigenvalue weighted by molar-refractivity contribution is 5.94. The van der Waals surface area contributed by atoms with E-state index >= 15 is 0 Å². The maximum absolute atomic E-state index is 11.2. The van der Waals surface area contributed by atoms with Gasteiger partial charge in [0.15, 0.2) is 11.5 Å². The first kappa shape index (κ1) is 14.6. The molecule has 0 radical (unpaired) electrons. The molecule has 116 valence electrons. The molecule has 23 heavy (non-hydrogen) atoms. The molecule has 7 heteroatoms. The number of aromatic nitrogens is 3. The molecule has 0 saturated carbocycles. The lowest BCUT2D eigenvalue weighted by molar-refractivity contribution is 0.0996. The van der Waals surface area contributed by atoms with Crippen LogP contribution in [0.15, 0.2) is 54.6 Å². The van der Waals surface area contributed by atoms with Crippen molar-refractivity contribution >= 4 is 11.7 Å². The van der Waals surface area contributed by atoms with E-state index in [-0.39, 0.29) is 11.5 Å². The highest BCUT2D eigenvalue weighted by Crippen LogP contribution is 2.22. The number of rotatable bonds is 5. The van der Waals surface area contributed by atoms with Crippen molar-refractivity contribution in [3.05, 3.63) is 65.9 Å². The monoisotopic (exact) mass is 309 g/mol. The molecule has 7 nitrogen and oxygen atoms in total. The highest BCUT2D eigenvalue weighted by Gasteiger charge is 2.14. The van der Waals surface area contributed by atoms with Crippen LogP contribution in [0.2, 0.25) is 0 Å². The van der Waals surface area contributed by atoms with E-state index in [4.69, 9.17) is 16.2 Å². The van der Waals surface area contributed by atoms with Crippen LogP contribution in [0.25, 0.3) is 0 Å². The molecule has 1 amide bonds. The normalized spacial score (nSPS) is 10.4. The molecule has 0 unspecified atom stereocenters. The van der Waals surface area contributed by atoms with Gasteiger partial charge in [-0.3, -0.25) is 4.79 Å². The minimum absolute atomic E-state index is 0.0262. The number of nitrogens with two attached hydrogens (primary N) is 2. The van der Waals surface area contributed by atoms with Gasteiger partial charge in [0.2, 0.25) is 0 Å². The number of anilines is 1. The van der Waals surface area contributed by atoms with E-state index in [0.717, 1.165) is 11.3 Å². The van der Waals surface area contributed by atoms with Crippen LogP contribution in [0.5, 0.6) is 11.5 Å². The van der Waals surface area contributed by atoms with Crippen molar-refractivity contribution < 1.29 is 9.53 Å². The van der Waals surface area contributed by atoms with Crippen molar-refractivity contribution in [2.24, 2.45) is 5.73 Å². The fourth-order valence-corrected chi connectivity index (χ4v) is 2.12. The van der Waals surface area contributed by atoms with Gasteiger partial charge in [0, 0.05) is 0 Å².